The van der Waals surface area contributed by atoms with Crippen molar-refractivity contribution in [3.8, 4) is 11.1 Å². The van der Waals surface area contributed by atoms with Crippen molar-refractivity contribution in [2.45, 2.75) is 33.8 Å². The van der Waals surface area contributed by atoms with E-state index in [2.05, 4.69) is 10.3 Å². The van der Waals surface area contributed by atoms with Crippen LogP contribution in [-0.2, 0) is 0 Å². The zero-order valence-electron chi connectivity index (χ0n) is 14.5. The second kappa shape index (κ2) is 7.01. The summed E-state index contributed by atoms with van der Waals surface area (Å²) >= 11 is 0. The summed E-state index contributed by atoms with van der Waals surface area (Å²) in [4.78, 5) is 27.2. The summed E-state index contributed by atoms with van der Waals surface area (Å²) < 4.78 is 0. The van der Waals surface area contributed by atoms with E-state index >= 15 is 0 Å². The van der Waals surface area contributed by atoms with E-state index in [1.54, 1.807) is 13.0 Å². The van der Waals surface area contributed by atoms with Crippen LogP contribution in [0.3, 0.4) is 0 Å². The molecule has 1 heterocycles. The molecular weight excluding hydrogens is 304 g/mol. The maximum Gasteiger partial charge on any atom is 0.261 e. The number of aromatic nitrogens is 1. The zero-order chi connectivity index (χ0) is 17.9. The van der Waals surface area contributed by atoms with Gasteiger partial charge < -0.3 is 15.4 Å². The number of benzene rings is 1. The van der Waals surface area contributed by atoms with E-state index in [4.69, 9.17) is 0 Å². The van der Waals surface area contributed by atoms with Crippen molar-refractivity contribution in [1.29, 1.82) is 0 Å². The number of aliphatic hydroxyl groups is 1. The van der Waals surface area contributed by atoms with Crippen LogP contribution in [0.1, 0.15) is 36.8 Å². The number of aryl methyl sites for hydroxylation is 1. The molecule has 1 amide bonds. The van der Waals surface area contributed by atoms with Crippen LogP contribution in [0.2, 0.25) is 0 Å². The fourth-order valence-electron chi connectivity index (χ4n) is 2.30. The Morgan fingerprint density at radius 3 is 2.46 bits per heavy atom. The lowest BCUT2D eigenvalue weighted by Gasteiger charge is -2.25. The molecule has 1 aromatic carbocycles. The first-order chi connectivity index (χ1) is 11.2. The highest BCUT2D eigenvalue weighted by Crippen LogP contribution is 2.22. The largest absolute Gasteiger partial charge is 0.391 e. The average molecular weight is 328 g/mol. The van der Waals surface area contributed by atoms with Crippen LogP contribution in [0.4, 0.5) is 0 Å². The Morgan fingerprint density at radius 2 is 1.88 bits per heavy atom. The first-order valence-corrected chi connectivity index (χ1v) is 7.95. The number of carbonyl (C=O) groups is 1. The number of nitrogens with one attached hydrogen (secondary N) is 2. The molecule has 24 heavy (non-hydrogen) atoms. The topological polar surface area (TPSA) is 82.2 Å². The number of pyridine rings is 1. The Kier molecular flexibility index (Phi) is 5.24. The summed E-state index contributed by atoms with van der Waals surface area (Å²) in [6.45, 7) is 7.55. The van der Waals surface area contributed by atoms with Crippen molar-refractivity contribution < 1.29 is 9.90 Å². The van der Waals surface area contributed by atoms with Crippen molar-refractivity contribution in [1.82, 2.24) is 10.3 Å². The van der Waals surface area contributed by atoms with Gasteiger partial charge in [-0.3, -0.25) is 9.59 Å². The molecule has 0 bridgehead atoms. The van der Waals surface area contributed by atoms with E-state index in [0.29, 0.717) is 5.69 Å². The highest BCUT2D eigenvalue weighted by atomic mass is 16.3. The third-order valence-corrected chi connectivity index (χ3v) is 4.02. The molecule has 5 nitrogen and oxygen atoms in total. The highest BCUT2D eigenvalue weighted by molar-refractivity contribution is 5.95. The lowest BCUT2D eigenvalue weighted by Crippen LogP contribution is -2.40. The molecule has 1 unspecified atom stereocenters. The number of carbonyl (C=O) groups excluding carboxylic acids is 1. The van der Waals surface area contributed by atoms with E-state index in [1.165, 1.54) is 0 Å². The molecule has 2 rings (SSSR count). The third kappa shape index (κ3) is 4.11. The minimum atomic E-state index is -0.695. The van der Waals surface area contributed by atoms with Gasteiger partial charge in [0.1, 0.15) is 5.56 Å². The number of hydrogen-bond acceptors (Lipinski definition) is 3. The van der Waals surface area contributed by atoms with Crippen molar-refractivity contribution in [3.63, 3.8) is 0 Å². The molecule has 0 radical (unpaired) electrons. The van der Waals surface area contributed by atoms with E-state index < -0.39 is 17.6 Å². The molecule has 0 aliphatic carbocycles. The van der Waals surface area contributed by atoms with Gasteiger partial charge in [0.25, 0.3) is 11.5 Å². The van der Waals surface area contributed by atoms with Crippen molar-refractivity contribution in [2.24, 2.45) is 5.41 Å². The Bertz CT molecular complexity index is 773. The van der Waals surface area contributed by atoms with Gasteiger partial charge in [0, 0.05) is 17.8 Å². The summed E-state index contributed by atoms with van der Waals surface area (Å²) in [5, 5.41) is 12.7. The van der Waals surface area contributed by atoms with Crippen molar-refractivity contribution in [3.05, 3.63) is 58.0 Å². The molecule has 5 heteroatoms. The zero-order valence-corrected chi connectivity index (χ0v) is 14.5. The Hall–Kier alpha value is -2.40. The molecule has 0 aliphatic heterocycles. The molecular formula is C19H24N2O3. The van der Waals surface area contributed by atoms with Gasteiger partial charge in [0.15, 0.2) is 0 Å². The Balaban J connectivity index is 2.27. The summed E-state index contributed by atoms with van der Waals surface area (Å²) in [7, 11) is 0. The van der Waals surface area contributed by atoms with Gasteiger partial charge in [-0.2, -0.15) is 0 Å². The van der Waals surface area contributed by atoms with Gasteiger partial charge in [0.2, 0.25) is 0 Å². The molecule has 2 aromatic rings. The van der Waals surface area contributed by atoms with Gasteiger partial charge in [-0.25, -0.2) is 0 Å². The first-order valence-electron chi connectivity index (χ1n) is 7.95. The van der Waals surface area contributed by atoms with E-state index in [-0.39, 0.29) is 17.5 Å². The summed E-state index contributed by atoms with van der Waals surface area (Å²) in [5.74, 6) is -0.489. The molecule has 0 saturated carbocycles. The minimum Gasteiger partial charge on any atom is -0.391 e. The monoisotopic (exact) mass is 328 g/mol. The second-order valence-corrected chi connectivity index (χ2v) is 7.01. The standard InChI is InChI=1S/C19H24N2O3/c1-12-14(13-8-6-5-7-9-13)10-15(18(24)21-12)17(23)20-11-16(22)19(2,3)4/h5-10,16,22H,11H2,1-4H3,(H,20,23)(H,21,24). The highest BCUT2D eigenvalue weighted by Gasteiger charge is 2.23. The van der Waals surface area contributed by atoms with Crippen LogP contribution in [0.5, 0.6) is 0 Å². The quantitative estimate of drug-likeness (QED) is 0.806. The van der Waals surface area contributed by atoms with Crippen LogP contribution in [-0.4, -0.2) is 28.6 Å². The summed E-state index contributed by atoms with van der Waals surface area (Å²) in [6, 6.07) is 11.2. The van der Waals surface area contributed by atoms with Crippen LogP contribution < -0.4 is 10.9 Å². The first kappa shape index (κ1) is 17.9. The predicted molar refractivity (Wildman–Crippen MR) is 95.0 cm³/mol. The van der Waals surface area contributed by atoms with Gasteiger partial charge >= 0.3 is 0 Å². The van der Waals surface area contributed by atoms with Crippen LogP contribution >= 0.6 is 0 Å². The van der Waals surface area contributed by atoms with E-state index in [0.717, 1.165) is 11.1 Å². The number of rotatable bonds is 4. The lowest BCUT2D eigenvalue weighted by molar-refractivity contribution is 0.0586. The Morgan fingerprint density at radius 1 is 1.25 bits per heavy atom. The van der Waals surface area contributed by atoms with Gasteiger partial charge in [-0.15, -0.1) is 0 Å². The Labute approximate surface area is 141 Å². The molecule has 3 N–H and O–H groups in total. The van der Waals surface area contributed by atoms with E-state index in [1.807, 2.05) is 51.1 Å². The average Bonchev–Trinajstić information content (AvgIpc) is 2.52. The lowest BCUT2D eigenvalue weighted by atomic mass is 9.89. The number of H-pyrrole nitrogens is 1. The predicted octanol–water partition coefficient (Wildman–Crippen LogP) is 2.49. The molecule has 0 saturated heterocycles. The number of aliphatic hydroxyl groups excluding tert-OH is 1. The number of aromatic amines is 1. The van der Waals surface area contributed by atoms with E-state index in [9.17, 15) is 14.7 Å². The van der Waals surface area contributed by atoms with Crippen LogP contribution in [0.25, 0.3) is 11.1 Å². The molecule has 1 aromatic heterocycles. The van der Waals surface area contributed by atoms with Crippen molar-refractivity contribution in [2.75, 3.05) is 6.54 Å². The maximum atomic E-state index is 12.3. The van der Waals surface area contributed by atoms with Gasteiger partial charge in [-0.05, 0) is 24.0 Å². The minimum absolute atomic E-state index is 0.0422. The molecule has 128 valence electrons. The smallest absolute Gasteiger partial charge is 0.261 e. The van der Waals surface area contributed by atoms with Crippen LogP contribution in [0.15, 0.2) is 41.2 Å². The number of amides is 1. The van der Waals surface area contributed by atoms with Crippen molar-refractivity contribution >= 4 is 5.91 Å². The SMILES string of the molecule is Cc1[nH]c(=O)c(C(=O)NCC(O)C(C)(C)C)cc1-c1ccccc1. The fourth-order valence-corrected chi connectivity index (χ4v) is 2.30. The van der Waals surface area contributed by atoms with Crippen LogP contribution in [0, 0.1) is 12.3 Å². The van der Waals surface area contributed by atoms with Gasteiger partial charge in [0.05, 0.1) is 6.10 Å². The maximum absolute atomic E-state index is 12.3. The fraction of sp³-hybridized carbons (Fsp3) is 0.368. The number of hydrogen-bond donors (Lipinski definition) is 3. The molecule has 0 aliphatic rings. The summed E-state index contributed by atoms with van der Waals surface area (Å²) in [5.41, 5.74) is 1.70. The second-order valence-electron chi connectivity index (χ2n) is 7.01. The summed E-state index contributed by atoms with van der Waals surface area (Å²) in [6.07, 6.45) is -0.695. The molecule has 1 atom stereocenters. The molecule has 0 fully saturated rings. The normalized spacial score (nSPS) is 12.7. The molecule has 0 spiro atoms. The van der Waals surface area contributed by atoms with Gasteiger partial charge in [-0.1, -0.05) is 51.1 Å². The third-order valence-electron chi connectivity index (χ3n) is 4.02.